The Labute approximate surface area is 105 Å². The molecule has 0 saturated heterocycles. The van der Waals surface area contributed by atoms with Crippen LogP contribution in [0.2, 0.25) is 0 Å². The summed E-state index contributed by atoms with van der Waals surface area (Å²) in [5.74, 6) is 1.90. The molecule has 1 rings (SSSR count). The fourth-order valence-corrected chi connectivity index (χ4v) is 1.62. The van der Waals surface area contributed by atoms with Crippen molar-refractivity contribution in [2.75, 3.05) is 6.61 Å². The second-order valence-corrected chi connectivity index (χ2v) is 5.41. The van der Waals surface area contributed by atoms with Crippen molar-refractivity contribution in [3.05, 3.63) is 29.3 Å². The van der Waals surface area contributed by atoms with Crippen LogP contribution in [-0.4, -0.2) is 12.6 Å². The van der Waals surface area contributed by atoms with Gasteiger partial charge in [-0.05, 0) is 36.0 Å². The van der Waals surface area contributed by atoms with Crippen LogP contribution < -0.4 is 10.5 Å². The second-order valence-electron chi connectivity index (χ2n) is 5.41. The Kier molecular flexibility index (Phi) is 5.01. The monoisotopic (exact) mass is 235 g/mol. The minimum absolute atomic E-state index is 0.0931. The van der Waals surface area contributed by atoms with Crippen molar-refractivity contribution < 1.29 is 4.74 Å². The van der Waals surface area contributed by atoms with E-state index in [0.29, 0.717) is 18.4 Å². The van der Waals surface area contributed by atoms with Crippen LogP contribution >= 0.6 is 0 Å². The van der Waals surface area contributed by atoms with Crippen LogP contribution in [0.3, 0.4) is 0 Å². The molecule has 1 aromatic carbocycles. The largest absolute Gasteiger partial charge is 0.492 e. The average Bonchev–Trinajstić information content (AvgIpc) is 2.25. The van der Waals surface area contributed by atoms with Gasteiger partial charge in [0.1, 0.15) is 12.4 Å². The maximum atomic E-state index is 6.00. The van der Waals surface area contributed by atoms with E-state index in [-0.39, 0.29) is 6.04 Å². The molecule has 1 aromatic rings. The first-order valence-corrected chi connectivity index (χ1v) is 6.40. The van der Waals surface area contributed by atoms with Crippen molar-refractivity contribution in [2.45, 2.75) is 46.6 Å². The number of hydrogen-bond acceptors (Lipinski definition) is 2. The molecule has 0 spiro atoms. The van der Waals surface area contributed by atoms with Crippen LogP contribution in [0.15, 0.2) is 18.2 Å². The summed E-state index contributed by atoms with van der Waals surface area (Å²) in [6, 6.07) is 6.47. The predicted molar refractivity (Wildman–Crippen MR) is 73.6 cm³/mol. The fraction of sp³-hybridized carbons (Fsp3) is 0.600. The van der Waals surface area contributed by atoms with Gasteiger partial charge in [0, 0.05) is 6.04 Å². The SMILES string of the molecule is Cc1ccc(C(C)C)c(OCC(N)C(C)C)c1. The summed E-state index contributed by atoms with van der Waals surface area (Å²) in [5, 5.41) is 0. The Morgan fingerprint density at radius 3 is 2.35 bits per heavy atom. The molecule has 0 heterocycles. The van der Waals surface area contributed by atoms with Crippen molar-refractivity contribution in [3.8, 4) is 5.75 Å². The van der Waals surface area contributed by atoms with Crippen molar-refractivity contribution in [2.24, 2.45) is 11.7 Å². The van der Waals surface area contributed by atoms with E-state index in [4.69, 9.17) is 10.5 Å². The lowest BCUT2D eigenvalue weighted by atomic mass is 10.0. The minimum atomic E-state index is 0.0931. The zero-order valence-electron chi connectivity index (χ0n) is 11.7. The Morgan fingerprint density at radius 2 is 1.82 bits per heavy atom. The van der Waals surface area contributed by atoms with Gasteiger partial charge in [0.2, 0.25) is 0 Å². The van der Waals surface area contributed by atoms with Crippen LogP contribution in [0.1, 0.15) is 44.7 Å². The smallest absolute Gasteiger partial charge is 0.123 e. The highest BCUT2D eigenvalue weighted by Gasteiger charge is 2.12. The molecule has 0 aliphatic rings. The predicted octanol–water partition coefficient (Wildman–Crippen LogP) is 3.48. The fourth-order valence-electron chi connectivity index (χ4n) is 1.62. The molecule has 0 aromatic heterocycles. The molecule has 0 saturated carbocycles. The third kappa shape index (κ3) is 4.04. The van der Waals surface area contributed by atoms with E-state index in [9.17, 15) is 0 Å². The van der Waals surface area contributed by atoms with Crippen LogP contribution in [-0.2, 0) is 0 Å². The van der Waals surface area contributed by atoms with E-state index >= 15 is 0 Å². The van der Waals surface area contributed by atoms with Gasteiger partial charge in [0.15, 0.2) is 0 Å². The molecular weight excluding hydrogens is 210 g/mol. The molecular formula is C15H25NO. The van der Waals surface area contributed by atoms with Gasteiger partial charge >= 0.3 is 0 Å². The molecule has 2 N–H and O–H groups in total. The Morgan fingerprint density at radius 1 is 1.18 bits per heavy atom. The zero-order valence-corrected chi connectivity index (χ0v) is 11.7. The summed E-state index contributed by atoms with van der Waals surface area (Å²) in [6.45, 7) is 11.3. The van der Waals surface area contributed by atoms with Gasteiger partial charge < -0.3 is 10.5 Å². The Bertz CT molecular complexity index is 358. The Balaban J connectivity index is 2.78. The third-order valence-electron chi connectivity index (χ3n) is 3.08. The number of rotatable bonds is 5. The van der Waals surface area contributed by atoms with Gasteiger partial charge in [-0.1, -0.05) is 39.8 Å². The molecule has 96 valence electrons. The molecule has 0 amide bonds. The van der Waals surface area contributed by atoms with Gasteiger partial charge in [-0.3, -0.25) is 0 Å². The Hall–Kier alpha value is -1.02. The van der Waals surface area contributed by atoms with Gasteiger partial charge in [-0.15, -0.1) is 0 Å². The van der Waals surface area contributed by atoms with Crippen molar-refractivity contribution in [1.29, 1.82) is 0 Å². The van der Waals surface area contributed by atoms with E-state index < -0.39 is 0 Å². The van der Waals surface area contributed by atoms with Crippen LogP contribution in [0.5, 0.6) is 5.75 Å². The summed E-state index contributed by atoms with van der Waals surface area (Å²) in [4.78, 5) is 0. The van der Waals surface area contributed by atoms with Crippen molar-refractivity contribution in [1.82, 2.24) is 0 Å². The molecule has 0 bridgehead atoms. The van der Waals surface area contributed by atoms with E-state index in [1.807, 2.05) is 0 Å². The third-order valence-corrected chi connectivity index (χ3v) is 3.08. The van der Waals surface area contributed by atoms with E-state index in [0.717, 1.165) is 5.75 Å². The highest BCUT2D eigenvalue weighted by Crippen LogP contribution is 2.27. The van der Waals surface area contributed by atoms with E-state index in [2.05, 4.69) is 52.8 Å². The maximum Gasteiger partial charge on any atom is 0.123 e. The highest BCUT2D eigenvalue weighted by molar-refractivity contribution is 5.39. The summed E-state index contributed by atoms with van der Waals surface area (Å²) >= 11 is 0. The summed E-state index contributed by atoms with van der Waals surface area (Å²) in [6.07, 6.45) is 0. The highest BCUT2D eigenvalue weighted by atomic mass is 16.5. The quantitative estimate of drug-likeness (QED) is 0.848. The topological polar surface area (TPSA) is 35.2 Å². The van der Waals surface area contributed by atoms with Gasteiger partial charge in [-0.25, -0.2) is 0 Å². The molecule has 1 atom stereocenters. The molecule has 0 aliphatic carbocycles. The molecule has 0 aliphatic heterocycles. The molecule has 0 radical (unpaired) electrons. The molecule has 2 nitrogen and oxygen atoms in total. The molecule has 1 unspecified atom stereocenters. The number of benzene rings is 1. The number of ether oxygens (including phenoxy) is 1. The van der Waals surface area contributed by atoms with Crippen LogP contribution in [0, 0.1) is 12.8 Å². The minimum Gasteiger partial charge on any atom is -0.492 e. The van der Waals surface area contributed by atoms with Gasteiger partial charge in [0.05, 0.1) is 0 Å². The first-order valence-electron chi connectivity index (χ1n) is 6.40. The first kappa shape index (κ1) is 14.0. The number of aryl methyl sites for hydroxylation is 1. The second kappa shape index (κ2) is 6.06. The maximum absolute atomic E-state index is 6.00. The normalized spacial score (nSPS) is 13.2. The zero-order chi connectivity index (χ0) is 13.0. The van der Waals surface area contributed by atoms with E-state index in [1.54, 1.807) is 0 Å². The summed E-state index contributed by atoms with van der Waals surface area (Å²) in [7, 11) is 0. The van der Waals surface area contributed by atoms with Crippen LogP contribution in [0.4, 0.5) is 0 Å². The lowest BCUT2D eigenvalue weighted by molar-refractivity contribution is 0.256. The molecule has 0 fully saturated rings. The standard InChI is InChI=1S/C15H25NO/c1-10(2)13-7-6-12(5)8-15(13)17-9-14(16)11(3)4/h6-8,10-11,14H,9,16H2,1-5H3. The lowest BCUT2D eigenvalue weighted by Crippen LogP contribution is -2.33. The van der Waals surface area contributed by atoms with Crippen LogP contribution in [0.25, 0.3) is 0 Å². The number of hydrogen-bond donors (Lipinski definition) is 1. The van der Waals surface area contributed by atoms with Gasteiger partial charge in [-0.2, -0.15) is 0 Å². The molecule has 2 heteroatoms. The van der Waals surface area contributed by atoms with E-state index in [1.165, 1.54) is 11.1 Å². The van der Waals surface area contributed by atoms with Crippen molar-refractivity contribution >= 4 is 0 Å². The summed E-state index contributed by atoms with van der Waals surface area (Å²) < 4.78 is 5.88. The number of nitrogens with two attached hydrogens (primary N) is 1. The average molecular weight is 235 g/mol. The van der Waals surface area contributed by atoms with Crippen molar-refractivity contribution in [3.63, 3.8) is 0 Å². The lowest BCUT2D eigenvalue weighted by Gasteiger charge is -2.19. The first-order chi connectivity index (χ1) is 7.91. The molecule has 17 heavy (non-hydrogen) atoms. The van der Waals surface area contributed by atoms with Gasteiger partial charge in [0.25, 0.3) is 0 Å². The summed E-state index contributed by atoms with van der Waals surface area (Å²) in [5.41, 5.74) is 8.48.